The van der Waals surface area contributed by atoms with E-state index >= 15 is 0 Å². The topological polar surface area (TPSA) is 86.8 Å². The maximum absolute atomic E-state index is 14.6. The highest BCUT2D eigenvalue weighted by atomic mass is 35.5. The number of carbonyl (C=O) groups is 2. The molecule has 5 rings (SSSR count). The Morgan fingerprint density at radius 1 is 0.826 bits per heavy atom. The molecule has 46 heavy (non-hydrogen) atoms. The molecule has 1 unspecified atom stereocenters. The lowest BCUT2D eigenvalue weighted by Gasteiger charge is -2.35. The molecular weight excluding hydrogens is 618 g/mol. The summed E-state index contributed by atoms with van der Waals surface area (Å²) in [6, 6.07) is 31.2. The standard InChI is InChI=1S/C37H40ClN3O4S/c1-28-24-31(38)22-23-34(28)41(46(44,45)33-20-12-5-13-21-33)27-36(42)40(26-30-16-8-3-9-17-30)35(25-29-14-6-2-7-15-29)37(43)39-32-18-10-4-11-19-32/h2-3,5-9,12-17,20-24,32,35H,4,10-11,18-19,25-27H2,1H3,(H,39,43). The predicted molar refractivity (Wildman–Crippen MR) is 183 cm³/mol. The van der Waals surface area contributed by atoms with Crippen molar-refractivity contribution in [2.75, 3.05) is 10.8 Å². The molecule has 0 heterocycles. The lowest BCUT2D eigenvalue weighted by Crippen LogP contribution is -2.55. The summed E-state index contributed by atoms with van der Waals surface area (Å²) in [4.78, 5) is 30.4. The molecule has 0 radical (unpaired) electrons. The van der Waals surface area contributed by atoms with Crippen LogP contribution in [0.5, 0.6) is 0 Å². The number of rotatable bonds is 12. The van der Waals surface area contributed by atoms with Crippen molar-refractivity contribution in [3.63, 3.8) is 0 Å². The highest BCUT2D eigenvalue weighted by molar-refractivity contribution is 7.92. The fourth-order valence-corrected chi connectivity index (χ4v) is 7.74. The first-order valence-corrected chi connectivity index (χ1v) is 17.6. The minimum atomic E-state index is -4.18. The predicted octanol–water partition coefficient (Wildman–Crippen LogP) is 6.93. The zero-order valence-corrected chi connectivity index (χ0v) is 27.6. The van der Waals surface area contributed by atoms with Crippen molar-refractivity contribution in [1.82, 2.24) is 10.2 Å². The third-order valence-corrected chi connectivity index (χ3v) is 10.5. The number of hydrogen-bond donors (Lipinski definition) is 1. The largest absolute Gasteiger partial charge is 0.352 e. The number of nitrogens with zero attached hydrogens (tertiary/aromatic N) is 2. The van der Waals surface area contributed by atoms with Gasteiger partial charge in [0.05, 0.1) is 10.6 Å². The summed E-state index contributed by atoms with van der Waals surface area (Å²) >= 11 is 6.25. The Kier molecular flexibility index (Phi) is 11.1. The Morgan fingerprint density at radius 3 is 2.02 bits per heavy atom. The van der Waals surface area contributed by atoms with E-state index in [0.29, 0.717) is 16.3 Å². The van der Waals surface area contributed by atoms with Crippen molar-refractivity contribution in [3.8, 4) is 0 Å². The van der Waals surface area contributed by atoms with E-state index in [9.17, 15) is 18.0 Å². The summed E-state index contributed by atoms with van der Waals surface area (Å²) in [6.07, 6.45) is 5.32. The number of hydrogen-bond acceptors (Lipinski definition) is 4. The number of amides is 2. The number of halogens is 1. The van der Waals surface area contributed by atoms with Crippen molar-refractivity contribution in [2.45, 2.75) is 69.0 Å². The first-order valence-electron chi connectivity index (χ1n) is 15.7. The Bertz CT molecular complexity index is 1710. The normalized spacial score (nSPS) is 14.3. The second kappa shape index (κ2) is 15.4. The second-order valence-corrected chi connectivity index (χ2v) is 14.1. The minimum Gasteiger partial charge on any atom is -0.352 e. The van der Waals surface area contributed by atoms with Gasteiger partial charge in [-0.2, -0.15) is 0 Å². The van der Waals surface area contributed by atoms with Gasteiger partial charge in [-0.1, -0.05) is 110 Å². The van der Waals surface area contributed by atoms with Crippen molar-refractivity contribution in [1.29, 1.82) is 0 Å². The third kappa shape index (κ3) is 8.36. The van der Waals surface area contributed by atoms with Gasteiger partial charge in [0.1, 0.15) is 12.6 Å². The van der Waals surface area contributed by atoms with Crippen molar-refractivity contribution in [3.05, 3.63) is 131 Å². The van der Waals surface area contributed by atoms with E-state index in [1.54, 1.807) is 48.2 Å². The monoisotopic (exact) mass is 657 g/mol. The molecule has 0 spiro atoms. The summed E-state index contributed by atoms with van der Waals surface area (Å²) in [7, 11) is -4.18. The van der Waals surface area contributed by atoms with Gasteiger partial charge in [-0.25, -0.2) is 8.42 Å². The molecule has 2 amide bonds. The van der Waals surface area contributed by atoms with Gasteiger partial charge in [0.2, 0.25) is 11.8 Å². The van der Waals surface area contributed by atoms with Gasteiger partial charge in [0, 0.05) is 24.0 Å². The van der Waals surface area contributed by atoms with Crippen LogP contribution in [0.1, 0.15) is 48.8 Å². The van der Waals surface area contributed by atoms with Gasteiger partial charge in [-0.15, -0.1) is 0 Å². The first kappa shape index (κ1) is 33.2. The molecule has 0 saturated heterocycles. The summed E-state index contributed by atoms with van der Waals surface area (Å²) in [5.74, 6) is -0.724. The summed E-state index contributed by atoms with van der Waals surface area (Å²) < 4.78 is 29.5. The zero-order valence-electron chi connectivity index (χ0n) is 26.0. The Balaban J connectivity index is 1.56. The lowest BCUT2D eigenvalue weighted by molar-refractivity contribution is -0.140. The zero-order chi connectivity index (χ0) is 32.5. The molecule has 7 nitrogen and oxygen atoms in total. The van der Waals surface area contributed by atoms with E-state index in [1.165, 1.54) is 12.1 Å². The molecule has 1 aliphatic carbocycles. The van der Waals surface area contributed by atoms with E-state index < -0.39 is 28.5 Å². The van der Waals surface area contributed by atoms with E-state index in [1.807, 2.05) is 60.7 Å². The van der Waals surface area contributed by atoms with Gasteiger partial charge in [0.15, 0.2) is 0 Å². The van der Waals surface area contributed by atoms with Gasteiger partial charge < -0.3 is 10.2 Å². The van der Waals surface area contributed by atoms with Gasteiger partial charge in [-0.3, -0.25) is 13.9 Å². The molecule has 1 aliphatic rings. The number of carbonyl (C=O) groups excluding carboxylic acids is 2. The molecule has 0 aromatic heterocycles. The molecule has 0 aliphatic heterocycles. The SMILES string of the molecule is Cc1cc(Cl)ccc1N(CC(=O)N(Cc1ccccc1)C(Cc1ccccc1)C(=O)NC1CCCCC1)S(=O)(=O)c1ccccc1. The Morgan fingerprint density at radius 2 is 1.41 bits per heavy atom. The second-order valence-electron chi connectivity index (χ2n) is 11.8. The average Bonchev–Trinajstić information content (AvgIpc) is 3.07. The molecular formula is C37H40ClN3O4S. The van der Waals surface area contributed by atoms with E-state index in [-0.39, 0.29) is 29.8 Å². The van der Waals surface area contributed by atoms with Crippen LogP contribution in [0, 0.1) is 6.92 Å². The third-order valence-electron chi connectivity index (χ3n) is 8.46. The van der Waals surface area contributed by atoms with Gasteiger partial charge >= 0.3 is 0 Å². The highest BCUT2D eigenvalue weighted by Gasteiger charge is 2.35. The molecule has 4 aromatic carbocycles. The van der Waals surface area contributed by atoms with Crippen LogP contribution >= 0.6 is 11.6 Å². The molecule has 0 bridgehead atoms. The van der Waals surface area contributed by atoms with Crippen LogP contribution in [-0.4, -0.2) is 43.8 Å². The van der Waals surface area contributed by atoms with Crippen molar-refractivity contribution < 1.29 is 18.0 Å². The van der Waals surface area contributed by atoms with Crippen molar-refractivity contribution >= 4 is 39.1 Å². The quantitative estimate of drug-likeness (QED) is 0.179. The first-order chi connectivity index (χ1) is 22.2. The fourth-order valence-electron chi connectivity index (χ4n) is 6.01. The highest BCUT2D eigenvalue weighted by Crippen LogP contribution is 2.30. The summed E-state index contributed by atoms with van der Waals surface area (Å²) in [6.45, 7) is 1.39. The van der Waals surface area contributed by atoms with E-state index in [0.717, 1.165) is 47.5 Å². The molecule has 9 heteroatoms. The smallest absolute Gasteiger partial charge is 0.264 e. The lowest BCUT2D eigenvalue weighted by atomic mass is 9.94. The van der Waals surface area contributed by atoms with E-state index in [4.69, 9.17) is 11.6 Å². The van der Waals surface area contributed by atoms with E-state index in [2.05, 4.69) is 5.32 Å². The minimum absolute atomic E-state index is 0.0416. The fraction of sp³-hybridized carbons (Fsp3) is 0.297. The van der Waals surface area contributed by atoms with Crippen LogP contribution < -0.4 is 9.62 Å². The van der Waals surface area contributed by atoms with Crippen LogP contribution in [0.15, 0.2) is 114 Å². The number of nitrogens with one attached hydrogen (secondary N) is 1. The molecule has 1 saturated carbocycles. The molecule has 1 fully saturated rings. The van der Waals surface area contributed by atoms with Crippen LogP contribution in [0.4, 0.5) is 5.69 Å². The van der Waals surface area contributed by atoms with Crippen LogP contribution in [0.2, 0.25) is 5.02 Å². The number of sulfonamides is 1. The molecule has 1 atom stereocenters. The van der Waals surface area contributed by atoms with Crippen LogP contribution in [0.25, 0.3) is 0 Å². The number of aryl methyl sites for hydroxylation is 1. The maximum Gasteiger partial charge on any atom is 0.264 e. The van der Waals surface area contributed by atoms with Gasteiger partial charge in [0.25, 0.3) is 10.0 Å². The van der Waals surface area contributed by atoms with Gasteiger partial charge in [-0.05, 0) is 66.8 Å². The average molecular weight is 658 g/mol. The molecule has 4 aromatic rings. The van der Waals surface area contributed by atoms with Crippen molar-refractivity contribution in [2.24, 2.45) is 0 Å². The van der Waals surface area contributed by atoms with Crippen LogP contribution in [0.3, 0.4) is 0 Å². The number of anilines is 1. The summed E-state index contributed by atoms with van der Waals surface area (Å²) in [5.41, 5.74) is 2.68. The molecule has 240 valence electrons. The molecule has 1 N–H and O–H groups in total. The Hall–Kier alpha value is -4.14. The summed E-state index contributed by atoms with van der Waals surface area (Å²) in [5, 5.41) is 3.69. The Labute approximate surface area is 277 Å². The number of benzene rings is 4. The van der Waals surface area contributed by atoms with Crippen LogP contribution in [-0.2, 0) is 32.6 Å². The maximum atomic E-state index is 14.6.